The van der Waals surface area contributed by atoms with Crippen LogP contribution in [0.25, 0.3) is 0 Å². The Kier molecular flexibility index (Phi) is 4.35. The van der Waals surface area contributed by atoms with Crippen molar-refractivity contribution in [3.05, 3.63) is 52.2 Å². The molecule has 18 heavy (non-hydrogen) atoms. The largest absolute Gasteiger partial charge is 0.388 e. The van der Waals surface area contributed by atoms with E-state index in [2.05, 4.69) is 11.4 Å². The van der Waals surface area contributed by atoms with Crippen molar-refractivity contribution in [1.82, 2.24) is 0 Å². The first-order valence-corrected chi connectivity index (χ1v) is 6.63. The van der Waals surface area contributed by atoms with Gasteiger partial charge in [-0.25, -0.2) is 0 Å². The van der Waals surface area contributed by atoms with Crippen LogP contribution in [-0.4, -0.2) is 11.7 Å². The molecular formula is C14H14N2OS. The maximum absolute atomic E-state index is 9.92. The maximum Gasteiger partial charge on any atom is 0.101 e. The summed E-state index contributed by atoms with van der Waals surface area (Å²) in [5, 5.41) is 24.0. The van der Waals surface area contributed by atoms with Crippen LogP contribution in [0.1, 0.15) is 23.0 Å². The number of aliphatic hydroxyl groups excluding tert-OH is 1. The van der Waals surface area contributed by atoms with Crippen LogP contribution in [0.5, 0.6) is 0 Å². The third-order valence-electron chi connectivity index (χ3n) is 2.65. The van der Waals surface area contributed by atoms with E-state index in [-0.39, 0.29) is 0 Å². The third-order valence-corrected chi connectivity index (χ3v) is 3.63. The summed E-state index contributed by atoms with van der Waals surface area (Å²) in [6.45, 7) is 0.637. The Hall–Kier alpha value is -1.83. The predicted molar refractivity (Wildman–Crippen MR) is 73.5 cm³/mol. The van der Waals surface area contributed by atoms with Gasteiger partial charge in [0.2, 0.25) is 0 Å². The summed E-state index contributed by atoms with van der Waals surface area (Å²) in [5.74, 6) is 0. The molecule has 0 fully saturated rings. The molecule has 0 amide bonds. The van der Waals surface area contributed by atoms with Gasteiger partial charge < -0.3 is 10.4 Å². The van der Waals surface area contributed by atoms with E-state index in [4.69, 9.17) is 5.26 Å². The Balaban J connectivity index is 1.87. The molecule has 0 aliphatic carbocycles. The highest BCUT2D eigenvalue weighted by molar-refractivity contribution is 7.10. The fraction of sp³-hybridized carbons (Fsp3) is 0.214. The average Bonchev–Trinajstić information content (AvgIpc) is 2.93. The number of nitrogens with zero attached hydrogens (tertiary/aromatic N) is 1. The molecule has 0 bridgehead atoms. The monoisotopic (exact) mass is 258 g/mol. The van der Waals surface area contributed by atoms with Crippen LogP contribution in [0, 0.1) is 11.3 Å². The first-order valence-electron chi connectivity index (χ1n) is 5.75. The summed E-state index contributed by atoms with van der Waals surface area (Å²) in [6.07, 6.45) is 0.187. The van der Waals surface area contributed by atoms with Gasteiger partial charge in [0.15, 0.2) is 0 Å². The summed E-state index contributed by atoms with van der Waals surface area (Å²) in [5.41, 5.74) is 1.45. The number of nitrogens with one attached hydrogen (secondary N) is 1. The van der Waals surface area contributed by atoms with E-state index >= 15 is 0 Å². The Morgan fingerprint density at radius 2 is 2.11 bits per heavy atom. The lowest BCUT2D eigenvalue weighted by molar-refractivity contribution is 0.175. The van der Waals surface area contributed by atoms with Gasteiger partial charge in [0.25, 0.3) is 0 Å². The number of thiophene rings is 1. The van der Waals surface area contributed by atoms with Gasteiger partial charge in [0, 0.05) is 11.4 Å². The van der Waals surface area contributed by atoms with Gasteiger partial charge in [0.05, 0.1) is 17.4 Å². The van der Waals surface area contributed by atoms with Crippen LogP contribution in [0.3, 0.4) is 0 Å². The Morgan fingerprint density at radius 3 is 2.83 bits per heavy atom. The first-order chi connectivity index (χ1) is 8.81. The van der Waals surface area contributed by atoms with E-state index in [9.17, 15) is 5.11 Å². The molecular weight excluding hydrogens is 244 g/mol. The van der Waals surface area contributed by atoms with Crippen molar-refractivity contribution in [3.8, 4) is 6.07 Å². The molecule has 4 heteroatoms. The minimum atomic E-state index is -0.438. The molecule has 1 aromatic heterocycles. The second-order valence-corrected chi connectivity index (χ2v) is 4.88. The molecule has 0 radical (unpaired) electrons. The summed E-state index contributed by atoms with van der Waals surface area (Å²) in [7, 11) is 0. The minimum absolute atomic E-state index is 0.438. The Bertz CT molecular complexity index is 531. The lowest BCUT2D eigenvalue weighted by Gasteiger charge is -2.11. The summed E-state index contributed by atoms with van der Waals surface area (Å²) in [4.78, 5) is 0.977. The van der Waals surface area contributed by atoms with Gasteiger partial charge >= 0.3 is 0 Å². The quantitative estimate of drug-likeness (QED) is 0.866. The molecule has 1 aromatic carbocycles. The van der Waals surface area contributed by atoms with Crippen LogP contribution < -0.4 is 5.32 Å². The van der Waals surface area contributed by atoms with Crippen molar-refractivity contribution >= 4 is 17.0 Å². The number of anilines is 1. The number of benzene rings is 1. The predicted octanol–water partition coefficient (Wildman–Crippen LogP) is 3.16. The van der Waals surface area contributed by atoms with Gasteiger partial charge in [-0.3, -0.25) is 0 Å². The highest BCUT2D eigenvalue weighted by atomic mass is 32.1. The number of rotatable bonds is 5. The first kappa shape index (κ1) is 12.6. The number of aliphatic hydroxyl groups is 1. The highest BCUT2D eigenvalue weighted by Crippen LogP contribution is 2.22. The molecule has 3 nitrogen and oxygen atoms in total. The van der Waals surface area contributed by atoms with E-state index in [0.717, 1.165) is 10.6 Å². The van der Waals surface area contributed by atoms with Crippen molar-refractivity contribution in [3.63, 3.8) is 0 Å². The van der Waals surface area contributed by atoms with Crippen molar-refractivity contribution in [2.24, 2.45) is 0 Å². The van der Waals surface area contributed by atoms with Crippen LogP contribution in [0.2, 0.25) is 0 Å². The lowest BCUT2D eigenvalue weighted by Crippen LogP contribution is -2.07. The molecule has 1 unspecified atom stereocenters. The SMILES string of the molecule is N#Cc1ccccc1NCCC(O)c1cccs1. The van der Waals surface area contributed by atoms with Crippen LogP contribution in [0.15, 0.2) is 41.8 Å². The molecule has 0 aliphatic rings. The fourth-order valence-corrected chi connectivity index (χ4v) is 2.45. The Morgan fingerprint density at radius 1 is 1.28 bits per heavy atom. The molecule has 0 saturated heterocycles. The standard InChI is InChI=1S/C14H14N2OS/c15-10-11-4-1-2-5-12(11)16-8-7-13(17)14-6-3-9-18-14/h1-6,9,13,16-17H,7-8H2. The zero-order valence-electron chi connectivity index (χ0n) is 9.84. The molecule has 2 rings (SSSR count). The van der Waals surface area contributed by atoms with E-state index < -0.39 is 6.10 Å². The molecule has 1 atom stereocenters. The second-order valence-electron chi connectivity index (χ2n) is 3.90. The minimum Gasteiger partial charge on any atom is -0.388 e. The zero-order valence-corrected chi connectivity index (χ0v) is 10.7. The second kappa shape index (κ2) is 6.20. The van der Waals surface area contributed by atoms with E-state index in [1.54, 1.807) is 17.4 Å². The normalized spacial score (nSPS) is 11.8. The molecule has 0 aliphatic heterocycles. The van der Waals surface area contributed by atoms with E-state index in [0.29, 0.717) is 18.5 Å². The molecule has 92 valence electrons. The van der Waals surface area contributed by atoms with Crippen molar-refractivity contribution < 1.29 is 5.11 Å². The van der Waals surface area contributed by atoms with Crippen LogP contribution in [-0.2, 0) is 0 Å². The number of para-hydroxylation sites is 1. The van der Waals surface area contributed by atoms with Crippen molar-refractivity contribution in [2.45, 2.75) is 12.5 Å². The summed E-state index contributed by atoms with van der Waals surface area (Å²) >= 11 is 1.55. The van der Waals surface area contributed by atoms with Gasteiger partial charge in [-0.1, -0.05) is 18.2 Å². The van der Waals surface area contributed by atoms with E-state index in [1.807, 2.05) is 35.7 Å². The van der Waals surface area contributed by atoms with E-state index in [1.165, 1.54) is 0 Å². The van der Waals surface area contributed by atoms with Gasteiger partial charge in [-0.15, -0.1) is 11.3 Å². The zero-order chi connectivity index (χ0) is 12.8. The average molecular weight is 258 g/mol. The van der Waals surface area contributed by atoms with Gasteiger partial charge in [-0.05, 0) is 30.0 Å². The molecule has 0 saturated carbocycles. The highest BCUT2D eigenvalue weighted by Gasteiger charge is 2.08. The van der Waals surface area contributed by atoms with Crippen molar-refractivity contribution in [1.29, 1.82) is 5.26 Å². The number of hydrogen-bond acceptors (Lipinski definition) is 4. The maximum atomic E-state index is 9.92. The smallest absolute Gasteiger partial charge is 0.101 e. The number of nitriles is 1. The Labute approximate surface area is 110 Å². The van der Waals surface area contributed by atoms with Gasteiger partial charge in [-0.2, -0.15) is 5.26 Å². The van der Waals surface area contributed by atoms with Crippen LogP contribution in [0.4, 0.5) is 5.69 Å². The summed E-state index contributed by atoms with van der Waals surface area (Å²) < 4.78 is 0. The molecule has 2 aromatic rings. The molecule has 1 heterocycles. The molecule has 0 spiro atoms. The van der Waals surface area contributed by atoms with Crippen molar-refractivity contribution in [2.75, 3.05) is 11.9 Å². The summed E-state index contributed by atoms with van der Waals surface area (Å²) in [6, 6.07) is 13.4. The van der Waals surface area contributed by atoms with Gasteiger partial charge in [0.1, 0.15) is 6.07 Å². The number of hydrogen-bond donors (Lipinski definition) is 2. The lowest BCUT2D eigenvalue weighted by atomic mass is 10.2. The fourth-order valence-electron chi connectivity index (χ4n) is 1.70. The molecule has 2 N–H and O–H groups in total. The van der Waals surface area contributed by atoms with Crippen LogP contribution >= 0.6 is 11.3 Å². The third kappa shape index (κ3) is 3.10. The topological polar surface area (TPSA) is 56.0 Å².